The molecule has 1 aromatic rings. The van der Waals surface area contributed by atoms with Crippen LogP contribution < -0.4 is 10.6 Å². The lowest BCUT2D eigenvalue weighted by molar-refractivity contribution is -0.00763. The number of aliphatic hydroxyl groups is 1. The maximum atomic E-state index is 13.4. The second-order valence-electron chi connectivity index (χ2n) is 4.59. The van der Waals surface area contributed by atoms with Crippen molar-refractivity contribution in [3.63, 3.8) is 0 Å². The van der Waals surface area contributed by atoms with Crippen molar-refractivity contribution in [2.24, 2.45) is 0 Å². The summed E-state index contributed by atoms with van der Waals surface area (Å²) in [6.07, 6.45) is 0. The van der Waals surface area contributed by atoms with E-state index in [-0.39, 0.29) is 17.7 Å². The quantitative estimate of drug-likeness (QED) is 0.730. The number of carbonyl (C=O) groups is 1. The van der Waals surface area contributed by atoms with Crippen molar-refractivity contribution in [3.8, 4) is 0 Å². The fraction of sp³-hybridized carbons (Fsp3) is 0.417. The van der Waals surface area contributed by atoms with Crippen LogP contribution in [0.15, 0.2) is 12.1 Å². The van der Waals surface area contributed by atoms with Crippen LogP contribution in [-0.2, 0) is 0 Å². The van der Waals surface area contributed by atoms with E-state index in [1.807, 2.05) is 0 Å². The molecule has 0 spiro atoms. The first-order valence-corrected chi connectivity index (χ1v) is 5.58. The van der Waals surface area contributed by atoms with Gasteiger partial charge in [0.15, 0.2) is 0 Å². The van der Waals surface area contributed by atoms with Crippen molar-refractivity contribution in [2.75, 3.05) is 19.6 Å². The molecule has 0 aliphatic carbocycles. The Bertz CT molecular complexity index is 487. The standard InChI is InChI=1S/C12H14F2N2O2/c1-7-2-8(10(14)3-9(7)13)11(17)16-6-12(18)4-15-5-12/h2-3,15,18H,4-6H2,1H3,(H,16,17). The third kappa shape index (κ3) is 2.49. The van der Waals surface area contributed by atoms with E-state index in [1.54, 1.807) is 0 Å². The first kappa shape index (κ1) is 12.9. The van der Waals surface area contributed by atoms with Gasteiger partial charge in [0.1, 0.15) is 17.2 Å². The van der Waals surface area contributed by atoms with Gasteiger partial charge in [-0.2, -0.15) is 0 Å². The average Bonchev–Trinajstić information content (AvgIpc) is 2.28. The molecule has 3 N–H and O–H groups in total. The Balaban J connectivity index is 2.06. The van der Waals surface area contributed by atoms with Gasteiger partial charge < -0.3 is 15.7 Å². The summed E-state index contributed by atoms with van der Waals surface area (Å²) < 4.78 is 26.5. The molecule has 18 heavy (non-hydrogen) atoms. The Morgan fingerprint density at radius 1 is 1.44 bits per heavy atom. The first-order valence-electron chi connectivity index (χ1n) is 5.58. The molecule has 0 atom stereocenters. The van der Waals surface area contributed by atoms with E-state index < -0.39 is 23.1 Å². The lowest BCUT2D eigenvalue weighted by Crippen LogP contribution is -2.64. The van der Waals surface area contributed by atoms with E-state index in [0.29, 0.717) is 19.2 Å². The van der Waals surface area contributed by atoms with Crippen molar-refractivity contribution >= 4 is 5.91 Å². The molecule has 1 fully saturated rings. The summed E-state index contributed by atoms with van der Waals surface area (Å²) in [6, 6.07) is 1.84. The molecule has 0 bridgehead atoms. The second-order valence-corrected chi connectivity index (χ2v) is 4.59. The third-order valence-corrected chi connectivity index (χ3v) is 2.98. The minimum absolute atomic E-state index is 0.0364. The summed E-state index contributed by atoms with van der Waals surface area (Å²) in [6.45, 7) is 2.26. The van der Waals surface area contributed by atoms with E-state index >= 15 is 0 Å². The second kappa shape index (κ2) is 4.62. The van der Waals surface area contributed by atoms with Crippen molar-refractivity contribution in [2.45, 2.75) is 12.5 Å². The minimum atomic E-state index is -0.971. The Kier molecular flexibility index (Phi) is 3.32. The van der Waals surface area contributed by atoms with E-state index in [9.17, 15) is 18.7 Å². The fourth-order valence-electron chi connectivity index (χ4n) is 1.71. The molecule has 0 radical (unpaired) electrons. The summed E-state index contributed by atoms with van der Waals surface area (Å²) in [7, 11) is 0. The summed E-state index contributed by atoms with van der Waals surface area (Å²) in [4.78, 5) is 11.7. The van der Waals surface area contributed by atoms with Gasteiger partial charge in [-0.25, -0.2) is 8.78 Å². The Morgan fingerprint density at radius 3 is 2.67 bits per heavy atom. The Labute approximate surface area is 103 Å². The zero-order chi connectivity index (χ0) is 13.3. The molecule has 1 aromatic carbocycles. The number of amides is 1. The summed E-state index contributed by atoms with van der Waals surface area (Å²) in [5.41, 5.74) is -0.989. The molecule has 6 heteroatoms. The van der Waals surface area contributed by atoms with E-state index in [4.69, 9.17) is 0 Å². The maximum Gasteiger partial charge on any atom is 0.254 e. The normalized spacial score (nSPS) is 17.1. The Morgan fingerprint density at radius 2 is 2.11 bits per heavy atom. The average molecular weight is 256 g/mol. The number of benzene rings is 1. The molecular weight excluding hydrogens is 242 g/mol. The van der Waals surface area contributed by atoms with Crippen molar-refractivity contribution in [1.29, 1.82) is 0 Å². The van der Waals surface area contributed by atoms with E-state index in [1.165, 1.54) is 6.92 Å². The number of halogens is 2. The lowest BCUT2D eigenvalue weighted by atomic mass is 9.97. The molecule has 2 rings (SSSR count). The van der Waals surface area contributed by atoms with Crippen LogP contribution in [0.2, 0.25) is 0 Å². The molecule has 0 unspecified atom stereocenters. The van der Waals surface area contributed by atoms with E-state index in [0.717, 1.165) is 6.07 Å². The number of β-amino-alcohol motifs (C(OH)–C–C–N with tert-alkyl or cyclic N) is 1. The van der Waals surface area contributed by atoms with Crippen molar-refractivity contribution in [1.82, 2.24) is 10.6 Å². The van der Waals surface area contributed by atoms with Crippen molar-refractivity contribution in [3.05, 3.63) is 34.9 Å². The summed E-state index contributed by atoms with van der Waals surface area (Å²) in [5.74, 6) is -2.25. The zero-order valence-corrected chi connectivity index (χ0v) is 9.89. The first-order chi connectivity index (χ1) is 8.41. The minimum Gasteiger partial charge on any atom is -0.385 e. The SMILES string of the molecule is Cc1cc(C(=O)NCC2(O)CNC2)c(F)cc1F. The highest BCUT2D eigenvalue weighted by atomic mass is 19.1. The topological polar surface area (TPSA) is 61.4 Å². The number of nitrogens with one attached hydrogen (secondary N) is 2. The third-order valence-electron chi connectivity index (χ3n) is 2.98. The van der Waals surface area contributed by atoms with Crippen LogP contribution >= 0.6 is 0 Å². The van der Waals surface area contributed by atoms with Crippen LogP contribution in [0.1, 0.15) is 15.9 Å². The highest BCUT2D eigenvalue weighted by Gasteiger charge is 2.34. The Hall–Kier alpha value is -1.53. The molecule has 0 saturated carbocycles. The maximum absolute atomic E-state index is 13.4. The van der Waals surface area contributed by atoms with Crippen LogP contribution in [0, 0.1) is 18.6 Å². The number of carbonyl (C=O) groups excluding carboxylic acids is 1. The lowest BCUT2D eigenvalue weighted by Gasteiger charge is -2.37. The van der Waals surface area contributed by atoms with Crippen LogP contribution in [0.4, 0.5) is 8.78 Å². The number of rotatable bonds is 3. The van der Waals surface area contributed by atoms with Crippen LogP contribution in [0.3, 0.4) is 0 Å². The molecule has 0 aromatic heterocycles. The highest BCUT2D eigenvalue weighted by Crippen LogP contribution is 2.15. The van der Waals surface area contributed by atoms with Gasteiger partial charge >= 0.3 is 0 Å². The summed E-state index contributed by atoms with van der Waals surface area (Å²) in [5, 5.41) is 15.0. The van der Waals surface area contributed by atoms with Gasteiger partial charge in [-0.05, 0) is 18.6 Å². The van der Waals surface area contributed by atoms with Gasteiger partial charge in [0, 0.05) is 25.7 Å². The molecule has 4 nitrogen and oxygen atoms in total. The molecule has 98 valence electrons. The number of aryl methyl sites for hydroxylation is 1. The highest BCUT2D eigenvalue weighted by molar-refractivity contribution is 5.94. The molecule has 1 aliphatic heterocycles. The number of hydrogen-bond donors (Lipinski definition) is 3. The molecule has 1 amide bonds. The predicted octanol–water partition coefficient (Wildman–Crippen LogP) is 0.337. The number of hydrogen-bond acceptors (Lipinski definition) is 3. The monoisotopic (exact) mass is 256 g/mol. The van der Waals surface area contributed by atoms with Crippen LogP contribution in [-0.4, -0.2) is 36.2 Å². The summed E-state index contributed by atoms with van der Waals surface area (Å²) >= 11 is 0. The van der Waals surface area contributed by atoms with Gasteiger partial charge in [-0.3, -0.25) is 4.79 Å². The largest absolute Gasteiger partial charge is 0.385 e. The molecule has 1 heterocycles. The van der Waals surface area contributed by atoms with Gasteiger partial charge in [0.25, 0.3) is 5.91 Å². The van der Waals surface area contributed by atoms with E-state index in [2.05, 4.69) is 10.6 Å². The van der Waals surface area contributed by atoms with Crippen LogP contribution in [0.5, 0.6) is 0 Å². The molecular formula is C12H14F2N2O2. The smallest absolute Gasteiger partial charge is 0.254 e. The fourth-order valence-corrected chi connectivity index (χ4v) is 1.71. The van der Waals surface area contributed by atoms with Crippen molar-refractivity contribution < 1.29 is 18.7 Å². The van der Waals surface area contributed by atoms with Gasteiger partial charge in [0.2, 0.25) is 0 Å². The van der Waals surface area contributed by atoms with Gasteiger partial charge in [-0.1, -0.05) is 0 Å². The molecule has 1 aliphatic rings. The van der Waals surface area contributed by atoms with Gasteiger partial charge in [0.05, 0.1) is 5.56 Å². The van der Waals surface area contributed by atoms with Gasteiger partial charge in [-0.15, -0.1) is 0 Å². The zero-order valence-electron chi connectivity index (χ0n) is 9.89. The van der Waals surface area contributed by atoms with Crippen LogP contribution in [0.25, 0.3) is 0 Å². The predicted molar refractivity (Wildman–Crippen MR) is 61.2 cm³/mol. The molecule has 1 saturated heterocycles.